The van der Waals surface area contributed by atoms with E-state index in [2.05, 4.69) is 5.32 Å². The molecule has 0 radical (unpaired) electrons. The van der Waals surface area contributed by atoms with Gasteiger partial charge in [-0.05, 0) is 55.2 Å². The van der Waals surface area contributed by atoms with Crippen LogP contribution in [0.4, 0.5) is 41.2 Å². The van der Waals surface area contributed by atoms with Crippen LogP contribution in [0.25, 0.3) is 0 Å². The quantitative estimate of drug-likeness (QED) is 0.349. The Morgan fingerprint density at radius 3 is 2.16 bits per heavy atom. The molecule has 0 aliphatic carbocycles. The summed E-state index contributed by atoms with van der Waals surface area (Å²) in [4.78, 5) is 25.1. The summed E-state index contributed by atoms with van der Waals surface area (Å²) < 4.78 is 123. The van der Waals surface area contributed by atoms with Crippen molar-refractivity contribution in [2.75, 3.05) is 17.4 Å². The average molecular weight is 658 g/mol. The average Bonchev–Trinajstić information content (AvgIpc) is 2.92. The van der Waals surface area contributed by atoms with E-state index in [0.717, 1.165) is 24.3 Å². The van der Waals surface area contributed by atoms with E-state index in [0.29, 0.717) is 22.5 Å². The molecular formula is C26H26F7N3O7S. The number of benzene rings is 2. The number of aryl methyl sites for hydroxylation is 1. The van der Waals surface area contributed by atoms with Crippen molar-refractivity contribution < 1.29 is 64.1 Å². The Hall–Kier alpha value is -3.64. The summed E-state index contributed by atoms with van der Waals surface area (Å²) in [6, 6.07) is 2.55. The van der Waals surface area contributed by atoms with Crippen molar-refractivity contribution in [1.82, 2.24) is 10.2 Å². The van der Waals surface area contributed by atoms with E-state index in [1.165, 1.54) is 4.90 Å². The number of likely N-dealkylation sites (tertiary alicyclic amines) is 1. The standard InChI is InChI=1S/C26H26F7N3O7S/c27-16-3-6-18(7-4-16)44(42,43)36-17(12-22(38)35-10-9-21(37)19(13-35)34-23(39)40)5-1-14-11-15(2-8-20(14)36)24(41,25(28,29)30)26(31,32)33/h2-4,6-8,11,17,19,21,34,37,41H,1,5,9-10,12-13H2,(H,39,40)/t17-,19-,21-/m0/s1. The van der Waals surface area contributed by atoms with Crippen molar-refractivity contribution in [2.24, 2.45) is 0 Å². The predicted molar refractivity (Wildman–Crippen MR) is 137 cm³/mol. The lowest BCUT2D eigenvalue weighted by Gasteiger charge is -2.41. The number of nitrogens with zero attached hydrogens (tertiary/aromatic N) is 2. The van der Waals surface area contributed by atoms with Crippen molar-refractivity contribution in [1.29, 1.82) is 0 Å². The Labute approximate surface area is 245 Å². The summed E-state index contributed by atoms with van der Waals surface area (Å²) in [5.74, 6) is -1.46. The van der Waals surface area contributed by atoms with E-state index >= 15 is 0 Å². The lowest BCUT2D eigenvalue weighted by Crippen LogP contribution is -2.57. The van der Waals surface area contributed by atoms with Crippen molar-refractivity contribution in [3.63, 3.8) is 0 Å². The van der Waals surface area contributed by atoms with Gasteiger partial charge in [0, 0.05) is 25.1 Å². The number of nitrogens with one attached hydrogen (secondary N) is 1. The first kappa shape index (κ1) is 33.3. The van der Waals surface area contributed by atoms with Gasteiger partial charge in [-0.25, -0.2) is 17.6 Å². The lowest BCUT2D eigenvalue weighted by molar-refractivity contribution is -0.376. The fourth-order valence-electron chi connectivity index (χ4n) is 5.38. The summed E-state index contributed by atoms with van der Waals surface area (Å²) in [7, 11) is -4.70. The zero-order chi connectivity index (χ0) is 32.8. The number of rotatable bonds is 6. The molecule has 18 heteroatoms. The molecule has 2 aromatic carbocycles. The monoisotopic (exact) mass is 657 g/mol. The molecule has 2 aromatic rings. The first-order chi connectivity index (χ1) is 20.3. The van der Waals surface area contributed by atoms with Crippen LogP contribution in [0.1, 0.15) is 30.4 Å². The number of amides is 2. The Kier molecular flexibility index (Phi) is 8.84. The molecule has 2 heterocycles. The summed E-state index contributed by atoms with van der Waals surface area (Å²) in [6.07, 6.45) is -16.0. The number of carbonyl (C=O) groups is 2. The molecule has 3 atom stereocenters. The molecule has 1 saturated heterocycles. The van der Waals surface area contributed by atoms with E-state index in [9.17, 15) is 59.0 Å². The molecule has 242 valence electrons. The number of hydrogen-bond donors (Lipinski definition) is 4. The number of fused-ring (bicyclic) bond motifs is 1. The van der Waals surface area contributed by atoms with Crippen LogP contribution in [0.2, 0.25) is 0 Å². The Morgan fingerprint density at radius 2 is 1.59 bits per heavy atom. The number of piperidine rings is 1. The molecule has 1 fully saturated rings. The van der Waals surface area contributed by atoms with Crippen LogP contribution >= 0.6 is 0 Å². The van der Waals surface area contributed by atoms with Gasteiger partial charge >= 0.3 is 18.4 Å². The molecule has 10 nitrogen and oxygen atoms in total. The summed E-state index contributed by atoms with van der Waals surface area (Å²) in [5.41, 5.74) is -7.50. The van der Waals surface area contributed by atoms with Gasteiger partial charge in [-0.3, -0.25) is 9.10 Å². The molecule has 0 saturated carbocycles. The van der Waals surface area contributed by atoms with Crippen molar-refractivity contribution in [3.05, 3.63) is 59.4 Å². The number of carbonyl (C=O) groups excluding carboxylic acids is 1. The van der Waals surface area contributed by atoms with Crippen molar-refractivity contribution in [2.45, 2.75) is 66.7 Å². The maximum atomic E-state index is 13.8. The largest absolute Gasteiger partial charge is 0.465 e. The Morgan fingerprint density at radius 1 is 0.977 bits per heavy atom. The minimum atomic E-state index is -6.18. The maximum absolute atomic E-state index is 13.8. The van der Waals surface area contributed by atoms with Crippen LogP contribution < -0.4 is 9.62 Å². The highest BCUT2D eigenvalue weighted by atomic mass is 32.2. The molecule has 2 aliphatic heterocycles. The van der Waals surface area contributed by atoms with Gasteiger partial charge < -0.3 is 25.5 Å². The van der Waals surface area contributed by atoms with Crippen LogP contribution in [-0.4, -0.2) is 84.3 Å². The van der Waals surface area contributed by atoms with E-state index in [1.807, 2.05) is 0 Å². The fourth-order valence-corrected chi connectivity index (χ4v) is 7.09. The minimum Gasteiger partial charge on any atom is -0.465 e. The van der Waals surface area contributed by atoms with Gasteiger partial charge in [0.2, 0.25) is 5.91 Å². The number of alkyl halides is 6. The molecule has 0 bridgehead atoms. The highest BCUT2D eigenvalue weighted by Gasteiger charge is 2.71. The number of halogens is 7. The van der Waals surface area contributed by atoms with Crippen LogP contribution in [0.15, 0.2) is 47.4 Å². The number of anilines is 1. The number of sulfonamides is 1. The van der Waals surface area contributed by atoms with Gasteiger partial charge in [-0.1, -0.05) is 12.1 Å². The SMILES string of the molecule is O=C(O)N[C@H]1CN(C(=O)C[C@@H]2CCc3cc(C(O)(C(F)(F)F)C(F)(F)F)ccc3N2S(=O)(=O)c2ccc(F)cc2)CC[C@@H]1O. The normalized spacial score (nSPS) is 21.5. The highest BCUT2D eigenvalue weighted by molar-refractivity contribution is 7.92. The van der Waals surface area contributed by atoms with Crippen molar-refractivity contribution >= 4 is 27.7 Å². The van der Waals surface area contributed by atoms with Crippen LogP contribution in [0.5, 0.6) is 0 Å². The topological polar surface area (TPSA) is 147 Å². The van der Waals surface area contributed by atoms with E-state index in [1.54, 1.807) is 0 Å². The number of aliphatic hydroxyl groups is 2. The number of hydrogen-bond acceptors (Lipinski definition) is 6. The van der Waals surface area contributed by atoms with Gasteiger partial charge in [-0.2, -0.15) is 26.3 Å². The Bertz CT molecular complexity index is 1500. The molecular weight excluding hydrogens is 631 g/mol. The first-order valence-corrected chi connectivity index (χ1v) is 14.5. The van der Waals surface area contributed by atoms with E-state index in [-0.39, 0.29) is 43.6 Å². The van der Waals surface area contributed by atoms with Gasteiger partial charge in [0.25, 0.3) is 15.6 Å². The molecule has 0 aromatic heterocycles. The highest BCUT2D eigenvalue weighted by Crippen LogP contribution is 2.51. The molecule has 0 unspecified atom stereocenters. The molecule has 44 heavy (non-hydrogen) atoms. The number of aliphatic hydroxyl groups excluding tert-OH is 1. The molecule has 4 rings (SSSR count). The Balaban J connectivity index is 1.75. The molecule has 4 N–H and O–H groups in total. The van der Waals surface area contributed by atoms with Gasteiger partial charge in [0.05, 0.1) is 28.8 Å². The molecule has 2 amide bonds. The molecule has 2 aliphatic rings. The van der Waals surface area contributed by atoms with Gasteiger partial charge in [0.1, 0.15) is 5.82 Å². The van der Waals surface area contributed by atoms with Crippen LogP contribution in [0, 0.1) is 5.82 Å². The smallest absolute Gasteiger partial charge is 0.430 e. The lowest BCUT2D eigenvalue weighted by atomic mass is 9.87. The third-order valence-electron chi connectivity index (χ3n) is 7.65. The van der Waals surface area contributed by atoms with Gasteiger partial charge in [0.15, 0.2) is 0 Å². The fraction of sp³-hybridized carbons (Fsp3) is 0.462. The summed E-state index contributed by atoms with van der Waals surface area (Å²) >= 11 is 0. The van der Waals surface area contributed by atoms with E-state index < -0.39 is 80.9 Å². The van der Waals surface area contributed by atoms with E-state index in [4.69, 9.17) is 5.11 Å². The second-order valence-corrected chi connectivity index (χ2v) is 12.3. The summed E-state index contributed by atoms with van der Waals surface area (Å²) in [5, 5.41) is 31.0. The second-order valence-electron chi connectivity index (χ2n) is 10.5. The third kappa shape index (κ3) is 6.14. The summed E-state index contributed by atoms with van der Waals surface area (Å²) in [6.45, 7) is -0.264. The number of carboxylic acid groups (broad SMARTS) is 1. The minimum absolute atomic E-state index is 0.00806. The van der Waals surface area contributed by atoms with Crippen molar-refractivity contribution in [3.8, 4) is 0 Å². The zero-order valence-electron chi connectivity index (χ0n) is 22.4. The first-order valence-electron chi connectivity index (χ1n) is 13.0. The third-order valence-corrected chi connectivity index (χ3v) is 9.53. The zero-order valence-corrected chi connectivity index (χ0v) is 23.3. The second kappa shape index (κ2) is 11.7. The van der Waals surface area contributed by atoms with Crippen LogP contribution in [0.3, 0.4) is 0 Å². The predicted octanol–water partition coefficient (Wildman–Crippen LogP) is 3.27. The van der Waals surface area contributed by atoms with Gasteiger partial charge in [-0.15, -0.1) is 0 Å². The van der Waals surface area contributed by atoms with Crippen LogP contribution in [-0.2, 0) is 26.8 Å². The maximum Gasteiger partial charge on any atom is 0.430 e. The molecule has 0 spiro atoms.